The summed E-state index contributed by atoms with van der Waals surface area (Å²) in [7, 11) is 0. The van der Waals surface area contributed by atoms with Gasteiger partial charge in [-0.15, -0.1) is 0 Å². The summed E-state index contributed by atoms with van der Waals surface area (Å²) in [5, 5.41) is 7.55. The Labute approximate surface area is 188 Å². The molecule has 3 aromatic carbocycles. The Hall–Kier alpha value is -2.66. The lowest BCUT2D eigenvalue weighted by atomic mass is 10.0. The van der Waals surface area contributed by atoms with Gasteiger partial charge in [0.15, 0.2) is 0 Å². The maximum Gasteiger partial charge on any atom is 0.326 e. The van der Waals surface area contributed by atoms with Crippen molar-refractivity contribution in [3.8, 4) is 11.1 Å². The van der Waals surface area contributed by atoms with Crippen molar-refractivity contribution >= 4 is 63.4 Å². The highest BCUT2D eigenvalue weighted by atomic mass is 35.5. The molecule has 4 rings (SSSR count). The minimum absolute atomic E-state index is 0.285. The zero-order valence-corrected chi connectivity index (χ0v) is 18.4. The maximum atomic E-state index is 12.8. The van der Waals surface area contributed by atoms with E-state index in [-0.39, 0.29) is 5.88 Å². The molecular formula is C23H17Cl3N2O2. The lowest BCUT2D eigenvalue weighted by Crippen LogP contribution is -2.20. The monoisotopic (exact) mass is 458 g/mol. The summed E-state index contributed by atoms with van der Waals surface area (Å²) in [5.41, 5.74) is 4.51. The minimum Gasteiger partial charge on any atom is -0.439 e. The molecule has 2 amide bonds. The zero-order valence-electron chi connectivity index (χ0n) is 16.1. The fourth-order valence-electron chi connectivity index (χ4n) is 3.44. The quantitative estimate of drug-likeness (QED) is 0.323. The summed E-state index contributed by atoms with van der Waals surface area (Å²) in [4.78, 5) is 12.8. The van der Waals surface area contributed by atoms with Crippen LogP contribution in [0, 0.1) is 13.8 Å². The number of hydrogen-bond acceptors (Lipinski definition) is 2. The number of furan rings is 1. The molecule has 0 spiro atoms. The van der Waals surface area contributed by atoms with Gasteiger partial charge in [-0.05, 0) is 49.2 Å². The second-order valence-corrected chi connectivity index (χ2v) is 8.14. The number of aryl methyl sites for hydroxylation is 2. The number of urea groups is 1. The van der Waals surface area contributed by atoms with Gasteiger partial charge in [0, 0.05) is 16.0 Å². The maximum absolute atomic E-state index is 12.8. The van der Waals surface area contributed by atoms with Crippen molar-refractivity contribution in [3.63, 3.8) is 0 Å². The Morgan fingerprint density at radius 2 is 1.53 bits per heavy atom. The van der Waals surface area contributed by atoms with Crippen LogP contribution in [0.4, 0.5) is 16.4 Å². The molecule has 30 heavy (non-hydrogen) atoms. The largest absolute Gasteiger partial charge is 0.439 e. The number of hydrogen-bond donors (Lipinski definition) is 2. The summed E-state index contributed by atoms with van der Waals surface area (Å²) in [6, 6.07) is 15.9. The molecule has 0 radical (unpaired) electrons. The lowest BCUT2D eigenvalue weighted by Gasteiger charge is -2.11. The third kappa shape index (κ3) is 3.86. The van der Waals surface area contributed by atoms with Crippen LogP contribution in [0.1, 0.15) is 11.1 Å². The highest BCUT2D eigenvalue weighted by Gasteiger charge is 2.22. The zero-order chi connectivity index (χ0) is 21.4. The van der Waals surface area contributed by atoms with Crippen molar-refractivity contribution in [1.29, 1.82) is 0 Å². The van der Waals surface area contributed by atoms with Gasteiger partial charge in [-0.25, -0.2) is 4.79 Å². The molecule has 1 aromatic heterocycles. The van der Waals surface area contributed by atoms with Crippen LogP contribution in [0.25, 0.3) is 22.1 Å². The fourth-order valence-corrected chi connectivity index (χ4v) is 4.16. The molecule has 0 aliphatic carbocycles. The van der Waals surface area contributed by atoms with E-state index in [9.17, 15) is 4.79 Å². The second kappa shape index (κ2) is 8.23. The number of para-hydroxylation sites is 1. The van der Waals surface area contributed by atoms with Crippen LogP contribution in [0.5, 0.6) is 0 Å². The number of carbonyl (C=O) groups excluding carboxylic acids is 1. The molecule has 0 aliphatic heterocycles. The van der Waals surface area contributed by atoms with E-state index in [0.717, 1.165) is 22.1 Å². The Bertz CT molecular complexity index is 1260. The van der Waals surface area contributed by atoms with Crippen LogP contribution < -0.4 is 10.6 Å². The SMILES string of the molecule is Cc1cc(C)c2oc(NC(=O)Nc3c(Cl)cccc3Cl)c(-c3ccccc3Cl)c2c1. The minimum atomic E-state index is -0.535. The van der Waals surface area contributed by atoms with Gasteiger partial charge in [-0.1, -0.05) is 65.1 Å². The van der Waals surface area contributed by atoms with E-state index >= 15 is 0 Å². The van der Waals surface area contributed by atoms with E-state index in [4.69, 9.17) is 39.2 Å². The standard InChI is InChI=1S/C23H17Cl3N2O2/c1-12-10-13(2)21-15(11-12)19(14-6-3-4-7-16(14)24)22(30-21)28-23(29)27-20-17(25)8-5-9-18(20)26/h3-11H,1-2H3,(H2,27,28,29). The highest BCUT2D eigenvalue weighted by Crippen LogP contribution is 2.43. The molecule has 0 aliphatic rings. The number of amides is 2. The van der Waals surface area contributed by atoms with Gasteiger partial charge in [0.2, 0.25) is 5.88 Å². The molecule has 4 nitrogen and oxygen atoms in total. The Kier molecular flexibility index (Phi) is 5.65. The first-order valence-electron chi connectivity index (χ1n) is 9.16. The number of fused-ring (bicyclic) bond motifs is 1. The lowest BCUT2D eigenvalue weighted by molar-refractivity contribution is 0.261. The Morgan fingerprint density at radius 3 is 2.23 bits per heavy atom. The van der Waals surface area contributed by atoms with Gasteiger partial charge >= 0.3 is 6.03 Å². The summed E-state index contributed by atoms with van der Waals surface area (Å²) in [6.07, 6.45) is 0. The number of rotatable bonds is 3. The first-order valence-corrected chi connectivity index (χ1v) is 10.3. The smallest absolute Gasteiger partial charge is 0.326 e. The van der Waals surface area contributed by atoms with Crippen molar-refractivity contribution in [2.24, 2.45) is 0 Å². The van der Waals surface area contributed by atoms with Gasteiger partial charge in [-0.3, -0.25) is 5.32 Å². The molecule has 0 atom stereocenters. The van der Waals surface area contributed by atoms with E-state index in [1.165, 1.54) is 0 Å². The van der Waals surface area contributed by atoms with E-state index < -0.39 is 6.03 Å². The number of carbonyl (C=O) groups is 1. The van der Waals surface area contributed by atoms with E-state index in [2.05, 4.69) is 10.6 Å². The van der Waals surface area contributed by atoms with Gasteiger partial charge in [-0.2, -0.15) is 0 Å². The van der Waals surface area contributed by atoms with Crippen molar-refractivity contribution in [2.75, 3.05) is 10.6 Å². The van der Waals surface area contributed by atoms with Gasteiger partial charge < -0.3 is 9.73 Å². The fraction of sp³-hybridized carbons (Fsp3) is 0.0870. The van der Waals surface area contributed by atoms with Crippen LogP contribution in [0.3, 0.4) is 0 Å². The number of nitrogens with one attached hydrogen (secondary N) is 2. The van der Waals surface area contributed by atoms with Gasteiger partial charge in [0.05, 0.1) is 21.3 Å². The average molecular weight is 460 g/mol. The Balaban J connectivity index is 1.81. The van der Waals surface area contributed by atoms with Crippen molar-refractivity contribution in [3.05, 3.63) is 80.8 Å². The first kappa shape index (κ1) is 20.6. The van der Waals surface area contributed by atoms with Crippen LogP contribution >= 0.6 is 34.8 Å². The van der Waals surface area contributed by atoms with Crippen LogP contribution in [0.2, 0.25) is 15.1 Å². The molecule has 2 N–H and O–H groups in total. The van der Waals surface area contributed by atoms with Crippen LogP contribution in [-0.4, -0.2) is 6.03 Å². The molecule has 4 aromatic rings. The third-order valence-corrected chi connectivity index (χ3v) is 5.65. The predicted molar refractivity (Wildman–Crippen MR) is 125 cm³/mol. The Morgan fingerprint density at radius 1 is 0.867 bits per heavy atom. The molecule has 152 valence electrons. The first-order chi connectivity index (χ1) is 14.3. The average Bonchev–Trinajstić information content (AvgIpc) is 3.03. The van der Waals surface area contributed by atoms with E-state index in [0.29, 0.717) is 31.9 Å². The molecule has 0 fully saturated rings. The number of anilines is 2. The van der Waals surface area contributed by atoms with Crippen molar-refractivity contribution in [1.82, 2.24) is 0 Å². The molecular weight excluding hydrogens is 443 g/mol. The molecule has 0 saturated heterocycles. The summed E-state index contributed by atoms with van der Waals surface area (Å²) < 4.78 is 6.07. The van der Waals surface area contributed by atoms with Crippen molar-refractivity contribution < 1.29 is 9.21 Å². The topological polar surface area (TPSA) is 54.3 Å². The van der Waals surface area contributed by atoms with Crippen LogP contribution in [0.15, 0.2) is 59.0 Å². The van der Waals surface area contributed by atoms with E-state index in [1.807, 2.05) is 44.2 Å². The molecule has 7 heteroatoms. The van der Waals surface area contributed by atoms with Crippen LogP contribution in [-0.2, 0) is 0 Å². The number of benzene rings is 3. The second-order valence-electron chi connectivity index (χ2n) is 6.92. The van der Waals surface area contributed by atoms with Crippen molar-refractivity contribution in [2.45, 2.75) is 13.8 Å². The molecule has 1 heterocycles. The summed E-state index contributed by atoms with van der Waals surface area (Å²) >= 11 is 18.8. The highest BCUT2D eigenvalue weighted by molar-refractivity contribution is 6.40. The summed E-state index contributed by atoms with van der Waals surface area (Å²) in [6.45, 7) is 3.97. The predicted octanol–water partition coefficient (Wildman–Crippen LogP) is 8.32. The van der Waals surface area contributed by atoms with Gasteiger partial charge in [0.25, 0.3) is 0 Å². The third-order valence-electron chi connectivity index (χ3n) is 4.69. The summed E-state index contributed by atoms with van der Waals surface area (Å²) in [5.74, 6) is 0.285. The number of halogens is 3. The normalized spacial score (nSPS) is 11.0. The molecule has 0 bridgehead atoms. The van der Waals surface area contributed by atoms with Gasteiger partial charge in [0.1, 0.15) is 5.58 Å². The molecule has 0 saturated carbocycles. The molecule has 0 unspecified atom stereocenters. The van der Waals surface area contributed by atoms with E-state index in [1.54, 1.807) is 24.3 Å².